The number of nitrogens with one attached hydrogen (secondary N) is 2. The van der Waals surface area contributed by atoms with Gasteiger partial charge in [-0.25, -0.2) is 18.1 Å². The number of nitro benzene ring substituents is 1. The molecule has 2 rings (SSSR count). The zero-order chi connectivity index (χ0) is 15.6. The van der Waals surface area contributed by atoms with Gasteiger partial charge in [-0.05, 0) is 19.1 Å². The molecule has 1 unspecified atom stereocenters. The Morgan fingerprint density at radius 2 is 2.19 bits per heavy atom. The number of aromatic nitrogens is 2. The molecule has 0 bridgehead atoms. The highest BCUT2D eigenvalue weighted by atomic mass is 32.2. The van der Waals surface area contributed by atoms with Crippen LogP contribution in [0.5, 0.6) is 0 Å². The van der Waals surface area contributed by atoms with E-state index in [0.717, 1.165) is 12.1 Å². The molecule has 2 aromatic rings. The van der Waals surface area contributed by atoms with Crippen LogP contribution in [-0.2, 0) is 10.0 Å². The second kappa shape index (κ2) is 5.50. The van der Waals surface area contributed by atoms with Gasteiger partial charge in [0.15, 0.2) is 4.90 Å². The molecule has 0 aliphatic rings. The van der Waals surface area contributed by atoms with Crippen molar-refractivity contribution in [1.82, 2.24) is 14.7 Å². The van der Waals surface area contributed by atoms with Crippen molar-refractivity contribution in [2.24, 2.45) is 0 Å². The van der Waals surface area contributed by atoms with E-state index in [1.165, 1.54) is 12.3 Å². The molecule has 1 aromatic carbocycles. The lowest BCUT2D eigenvalue weighted by Gasteiger charge is -2.12. The number of nitro groups is 1. The first-order valence-electron chi connectivity index (χ1n) is 5.87. The minimum atomic E-state index is -4.12. The third-order valence-corrected chi connectivity index (χ3v) is 4.30. The molecule has 21 heavy (non-hydrogen) atoms. The number of hydrogen-bond acceptors (Lipinski definition) is 6. The molecule has 0 saturated carbocycles. The van der Waals surface area contributed by atoms with Crippen molar-refractivity contribution in [3.8, 4) is 0 Å². The van der Waals surface area contributed by atoms with Crippen molar-refractivity contribution in [2.45, 2.75) is 17.9 Å². The zero-order valence-corrected chi connectivity index (χ0v) is 11.8. The van der Waals surface area contributed by atoms with E-state index >= 15 is 0 Å². The number of nitrogens with zero attached hydrogens (tertiary/aromatic N) is 2. The average molecular weight is 311 g/mol. The van der Waals surface area contributed by atoms with Crippen LogP contribution >= 0.6 is 0 Å². The lowest BCUT2D eigenvalue weighted by Crippen LogP contribution is -2.28. The fourth-order valence-corrected chi connectivity index (χ4v) is 3.18. The molecule has 1 aromatic heterocycles. The Kier molecular flexibility index (Phi) is 3.91. The average Bonchev–Trinajstić information content (AvgIpc) is 2.91. The van der Waals surface area contributed by atoms with E-state index in [1.807, 2.05) is 0 Å². The van der Waals surface area contributed by atoms with Crippen LogP contribution in [0.1, 0.15) is 18.8 Å². The van der Waals surface area contributed by atoms with Gasteiger partial charge in [-0.2, -0.15) is 0 Å². The van der Waals surface area contributed by atoms with Crippen molar-refractivity contribution in [2.75, 3.05) is 5.73 Å². The Balaban J connectivity index is 2.40. The summed E-state index contributed by atoms with van der Waals surface area (Å²) in [5.41, 5.74) is 5.10. The van der Waals surface area contributed by atoms with Gasteiger partial charge in [0, 0.05) is 24.1 Å². The lowest BCUT2D eigenvalue weighted by atomic mass is 10.3. The highest BCUT2D eigenvalue weighted by molar-refractivity contribution is 7.89. The van der Waals surface area contributed by atoms with Crippen molar-refractivity contribution in [3.63, 3.8) is 0 Å². The summed E-state index contributed by atoms with van der Waals surface area (Å²) in [5, 5.41) is 10.9. The van der Waals surface area contributed by atoms with Crippen LogP contribution in [0.3, 0.4) is 0 Å². The van der Waals surface area contributed by atoms with E-state index in [2.05, 4.69) is 14.7 Å². The van der Waals surface area contributed by atoms with Crippen LogP contribution in [0, 0.1) is 10.1 Å². The van der Waals surface area contributed by atoms with Crippen LogP contribution in [0.15, 0.2) is 35.5 Å². The molecule has 0 aliphatic heterocycles. The van der Waals surface area contributed by atoms with Gasteiger partial charge >= 0.3 is 0 Å². The molecule has 0 amide bonds. The summed E-state index contributed by atoms with van der Waals surface area (Å²) in [6, 6.07) is 2.70. The number of nitrogen functional groups attached to an aromatic ring is 1. The molecule has 112 valence electrons. The molecular formula is C11H13N5O4S. The van der Waals surface area contributed by atoms with Crippen molar-refractivity contribution >= 4 is 21.4 Å². The molecular weight excluding hydrogens is 298 g/mol. The van der Waals surface area contributed by atoms with E-state index in [-0.39, 0.29) is 5.69 Å². The second-order valence-electron chi connectivity index (χ2n) is 4.30. The fraction of sp³-hybridized carbons (Fsp3) is 0.182. The van der Waals surface area contributed by atoms with E-state index < -0.39 is 31.6 Å². The number of benzene rings is 1. The first-order valence-corrected chi connectivity index (χ1v) is 7.35. The minimum absolute atomic E-state index is 0.117. The number of sulfonamides is 1. The van der Waals surface area contributed by atoms with Crippen LogP contribution in [-0.4, -0.2) is 23.3 Å². The third-order valence-electron chi connectivity index (χ3n) is 2.73. The fourth-order valence-electron chi connectivity index (χ4n) is 1.76. The normalized spacial score (nSPS) is 13.0. The molecule has 4 N–H and O–H groups in total. The predicted octanol–water partition coefficient (Wildman–Crippen LogP) is 0.940. The highest BCUT2D eigenvalue weighted by Gasteiger charge is 2.28. The maximum atomic E-state index is 12.3. The number of H-pyrrole nitrogens is 1. The maximum absolute atomic E-state index is 12.3. The van der Waals surface area contributed by atoms with Crippen LogP contribution < -0.4 is 10.5 Å². The van der Waals surface area contributed by atoms with Crippen molar-refractivity contribution < 1.29 is 13.3 Å². The van der Waals surface area contributed by atoms with Gasteiger partial charge in [-0.15, -0.1) is 0 Å². The van der Waals surface area contributed by atoms with Crippen molar-refractivity contribution in [1.29, 1.82) is 0 Å². The van der Waals surface area contributed by atoms with Gasteiger partial charge in [0.25, 0.3) is 5.69 Å². The molecule has 1 heterocycles. The topological polar surface area (TPSA) is 144 Å². The molecule has 0 aliphatic carbocycles. The lowest BCUT2D eigenvalue weighted by molar-refractivity contribution is -0.387. The summed E-state index contributed by atoms with van der Waals surface area (Å²) >= 11 is 0. The largest absolute Gasteiger partial charge is 0.399 e. The third kappa shape index (κ3) is 3.17. The summed E-state index contributed by atoms with van der Waals surface area (Å²) in [6.07, 6.45) is 3.02. The monoisotopic (exact) mass is 311 g/mol. The first-order chi connectivity index (χ1) is 9.81. The summed E-state index contributed by atoms with van der Waals surface area (Å²) in [6.45, 7) is 1.56. The highest BCUT2D eigenvalue weighted by Crippen LogP contribution is 2.26. The Bertz CT molecular complexity index is 757. The SMILES string of the molecule is CC(NS(=O)(=O)c1cc(N)ccc1[N+](=O)[O-])c1ncc[nH]1. The molecule has 9 nitrogen and oxygen atoms in total. The second-order valence-corrected chi connectivity index (χ2v) is 5.98. The Morgan fingerprint density at radius 1 is 1.48 bits per heavy atom. The van der Waals surface area contributed by atoms with Gasteiger partial charge in [0.1, 0.15) is 5.82 Å². The van der Waals surface area contributed by atoms with Gasteiger partial charge in [0.05, 0.1) is 11.0 Å². The van der Waals surface area contributed by atoms with Crippen LogP contribution in [0.25, 0.3) is 0 Å². The summed E-state index contributed by atoms with van der Waals surface area (Å²) in [4.78, 5) is 16.4. The molecule has 0 radical (unpaired) electrons. The van der Waals surface area contributed by atoms with E-state index in [1.54, 1.807) is 13.1 Å². The smallest absolute Gasteiger partial charge is 0.289 e. The number of aromatic amines is 1. The number of anilines is 1. The number of hydrogen-bond donors (Lipinski definition) is 3. The number of nitrogens with two attached hydrogens (primary N) is 1. The number of rotatable bonds is 5. The quantitative estimate of drug-likeness (QED) is 0.426. The van der Waals surface area contributed by atoms with Crippen LogP contribution in [0.2, 0.25) is 0 Å². The van der Waals surface area contributed by atoms with Crippen LogP contribution in [0.4, 0.5) is 11.4 Å². The van der Waals surface area contributed by atoms with Gasteiger partial charge < -0.3 is 10.7 Å². The molecule has 0 saturated heterocycles. The van der Waals surface area contributed by atoms with E-state index in [0.29, 0.717) is 5.82 Å². The van der Waals surface area contributed by atoms with Gasteiger partial charge in [0.2, 0.25) is 10.0 Å². The molecule has 0 spiro atoms. The Hall–Kier alpha value is -2.46. The van der Waals surface area contributed by atoms with E-state index in [4.69, 9.17) is 5.73 Å². The van der Waals surface area contributed by atoms with Gasteiger partial charge in [-0.1, -0.05) is 0 Å². The first kappa shape index (κ1) is 14.9. The predicted molar refractivity (Wildman–Crippen MR) is 74.8 cm³/mol. The summed E-state index contributed by atoms with van der Waals surface area (Å²) < 4.78 is 26.9. The number of imidazole rings is 1. The summed E-state index contributed by atoms with van der Waals surface area (Å²) in [5.74, 6) is 0.394. The molecule has 10 heteroatoms. The maximum Gasteiger partial charge on any atom is 0.289 e. The molecule has 1 atom stereocenters. The van der Waals surface area contributed by atoms with Crippen molar-refractivity contribution in [3.05, 3.63) is 46.5 Å². The Labute approximate surface area is 120 Å². The standard InChI is InChI=1S/C11H13N5O4S/c1-7(11-13-4-5-14-11)15-21(19,20)10-6-8(12)2-3-9(10)16(17)18/h2-7,15H,12H2,1H3,(H,13,14). The van der Waals surface area contributed by atoms with E-state index in [9.17, 15) is 18.5 Å². The minimum Gasteiger partial charge on any atom is -0.399 e. The summed E-state index contributed by atoms with van der Waals surface area (Å²) in [7, 11) is -4.12. The Morgan fingerprint density at radius 3 is 2.76 bits per heavy atom. The molecule has 0 fully saturated rings. The van der Waals surface area contributed by atoms with Gasteiger partial charge in [-0.3, -0.25) is 10.1 Å². The zero-order valence-electron chi connectivity index (χ0n) is 11.0.